The summed E-state index contributed by atoms with van der Waals surface area (Å²) in [6.07, 6.45) is 5.26. The predicted molar refractivity (Wildman–Crippen MR) is 73.3 cm³/mol. The minimum Gasteiger partial charge on any atom is -0.388 e. The summed E-state index contributed by atoms with van der Waals surface area (Å²) in [5.74, 6) is 0.585. The van der Waals surface area contributed by atoms with Crippen LogP contribution in [-0.4, -0.2) is 29.1 Å². The lowest BCUT2D eigenvalue weighted by molar-refractivity contribution is 0.134. The molecule has 2 nitrogen and oxygen atoms in total. The highest BCUT2D eigenvalue weighted by Crippen LogP contribution is 2.35. The number of aliphatic hydroxyl groups excluding tert-OH is 1. The van der Waals surface area contributed by atoms with Crippen LogP contribution in [0.4, 0.5) is 4.39 Å². The van der Waals surface area contributed by atoms with Crippen LogP contribution in [0.5, 0.6) is 0 Å². The molecule has 0 aliphatic heterocycles. The molecule has 0 spiro atoms. The Bertz CT molecular complexity index is 429. The molecule has 0 bridgehead atoms. The Balaban J connectivity index is 1.53. The molecule has 0 aromatic heterocycles. The van der Waals surface area contributed by atoms with Crippen molar-refractivity contribution in [1.29, 1.82) is 0 Å². The number of hydrogen-bond acceptors (Lipinski definition) is 2. The standard InChI is InChI=1S/C16H22FNO/c17-15-4-2-1-3-14(15)16(19)9-10-18(13-7-8-13)11-12-5-6-12/h1-4,12-13,16,19H,5-11H2. The number of halogens is 1. The smallest absolute Gasteiger partial charge is 0.128 e. The maximum atomic E-state index is 13.6. The van der Waals surface area contributed by atoms with E-state index in [2.05, 4.69) is 4.90 Å². The molecule has 1 unspecified atom stereocenters. The van der Waals surface area contributed by atoms with Crippen molar-refractivity contribution < 1.29 is 9.50 Å². The Morgan fingerprint density at radius 2 is 1.95 bits per heavy atom. The summed E-state index contributed by atoms with van der Waals surface area (Å²) < 4.78 is 13.6. The second-order valence-electron chi connectivity index (χ2n) is 6.00. The normalized spacial score (nSPS) is 20.8. The van der Waals surface area contributed by atoms with Crippen molar-refractivity contribution in [2.45, 2.75) is 44.2 Å². The highest BCUT2D eigenvalue weighted by molar-refractivity contribution is 5.19. The van der Waals surface area contributed by atoms with Gasteiger partial charge < -0.3 is 10.0 Å². The van der Waals surface area contributed by atoms with Gasteiger partial charge in [-0.15, -0.1) is 0 Å². The third kappa shape index (κ3) is 3.54. The van der Waals surface area contributed by atoms with Gasteiger partial charge in [0.15, 0.2) is 0 Å². The van der Waals surface area contributed by atoms with Gasteiger partial charge in [0.2, 0.25) is 0 Å². The lowest BCUT2D eigenvalue weighted by Crippen LogP contribution is -2.30. The fourth-order valence-electron chi connectivity index (χ4n) is 2.68. The van der Waals surface area contributed by atoms with Crippen molar-refractivity contribution in [3.05, 3.63) is 35.6 Å². The van der Waals surface area contributed by atoms with E-state index in [1.165, 1.54) is 38.3 Å². The first-order valence-corrected chi connectivity index (χ1v) is 7.40. The zero-order valence-corrected chi connectivity index (χ0v) is 11.3. The summed E-state index contributed by atoms with van der Waals surface area (Å²) >= 11 is 0. The lowest BCUT2D eigenvalue weighted by atomic mass is 10.1. The lowest BCUT2D eigenvalue weighted by Gasteiger charge is -2.23. The van der Waals surface area contributed by atoms with Crippen LogP contribution in [0.3, 0.4) is 0 Å². The fourth-order valence-corrected chi connectivity index (χ4v) is 2.68. The first-order valence-electron chi connectivity index (χ1n) is 7.40. The SMILES string of the molecule is OC(CCN(CC1CC1)C1CC1)c1ccccc1F. The molecule has 1 atom stereocenters. The van der Waals surface area contributed by atoms with E-state index < -0.39 is 6.10 Å². The van der Waals surface area contributed by atoms with Crippen LogP contribution in [0.15, 0.2) is 24.3 Å². The summed E-state index contributed by atoms with van der Waals surface area (Å²) in [4.78, 5) is 2.50. The molecule has 0 heterocycles. The van der Waals surface area contributed by atoms with Gasteiger partial charge in [0.05, 0.1) is 6.10 Å². The van der Waals surface area contributed by atoms with Gasteiger partial charge >= 0.3 is 0 Å². The summed E-state index contributed by atoms with van der Waals surface area (Å²) in [5.41, 5.74) is 0.435. The molecule has 0 radical (unpaired) electrons. The van der Waals surface area contributed by atoms with E-state index >= 15 is 0 Å². The second kappa shape index (κ2) is 5.59. The van der Waals surface area contributed by atoms with Crippen molar-refractivity contribution in [1.82, 2.24) is 4.90 Å². The zero-order chi connectivity index (χ0) is 13.2. The van der Waals surface area contributed by atoms with Crippen LogP contribution < -0.4 is 0 Å². The van der Waals surface area contributed by atoms with E-state index in [-0.39, 0.29) is 5.82 Å². The molecule has 2 aliphatic rings. The Morgan fingerprint density at radius 3 is 2.58 bits per heavy atom. The van der Waals surface area contributed by atoms with Gasteiger partial charge in [-0.3, -0.25) is 0 Å². The van der Waals surface area contributed by atoms with E-state index in [0.717, 1.165) is 18.5 Å². The Hall–Kier alpha value is -0.930. The summed E-state index contributed by atoms with van der Waals surface area (Å²) in [6.45, 7) is 2.06. The number of nitrogens with zero attached hydrogens (tertiary/aromatic N) is 1. The van der Waals surface area contributed by atoms with Gasteiger partial charge in [0, 0.05) is 24.7 Å². The number of aliphatic hydroxyl groups is 1. The number of hydrogen-bond donors (Lipinski definition) is 1. The minimum absolute atomic E-state index is 0.296. The van der Waals surface area contributed by atoms with Crippen molar-refractivity contribution in [2.24, 2.45) is 5.92 Å². The van der Waals surface area contributed by atoms with Gasteiger partial charge in [0.25, 0.3) is 0 Å². The third-order valence-corrected chi connectivity index (χ3v) is 4.21. The topological polar surface area (TPSA) is 23.5 Å². The molecule has 3 rings (SSSR count). The molecular formula is C16H22FNO. The van der Waals surface area contributed by atoms with Gasteiger partial charge in [-0.05, 0) is 44.1 Å². The van der Waals surface area contributed by atoms with E-state index in [1.807, 2.05) is 0 Å². The van der Waals surface area contributed by atoms with Crippen molar-refractivity contribution in [2.75, 3.05) is 13.1 Å². The van der Waals surface area contributed by atoms with E-state index in [1.54, 1.807) is 18.2 Å². The summed E-state index contributed by atoms with van der Waals surface area (Å²) in [6, 6.07) is 7.28. The number of benzene rings is 1. The van der Waals surface area contributed by atoms with Crippen LogP contribution in [0.2, 0.25) is 0 Å². The van der Waals surface area contributed by atoms with Crippen LogP contribution in [0, 0.1) is 11.7 Å². The largest absolute Gasteiger partial charge is 0.388 e. The third-order valence-electron chi connectivity index (χ3n) is 4.21. The highest BCUT2D eigenvalue weighted by Gasteiger charge is 2.33. The molecule has 2 saturated carbocycles. The molecule has 0 saturated heterocycles. The monoisotopic (exact) mass is 263 g/mol. The average Bonchev–Trinajstić information content (AvgIpc) is 3.27. The molecular weight excluding hydrogens is 241 g/mol. The average molecular weight is 263 g/mol. The Morgan fingerprint density at radius 1 is 1.21 bits per heavy atom. The van der Waals surface area contributed by atoms with Crippen molar-refractivity contribution in [3.8, 4) is 0 Å². The zero-order valence-electron chi connectivity index (χ0n) is 11.3. The molecule has 2 aliphatic carbocycles. The molecule has 0 amide bonds. The first-order chi connectivity index (χ1) is 9.24. The first kappa shape index (κ1) is 13.1. The molecule has 104 valence electrons. The summed E-state index contributed by atoms with van der Waals surface area (Å²) in [7, 11) is 0. The quantitative estimate of drug-likeness (QED) is 0.817. The van der Waals surface area contributed by atoms with Gasteiger partial charge in [-0.1, -0.05) is 18.2 Å². The maximum absolute atomic E-state index is 13.6. The fraction of sp³-hybridized carbons (Fsp3) is 0.625. The Kier molecular flexibility index (Phi) is 3.85. The Labute approximate surface area is 114 Å². The van der Waals surface area contributed by atoms with Gasteiger partial charge in [-0.25, -0.2) is 4.39 Å². The molecule has 1 N–H and O–H groups in total. The summed E-state index contributed by atoms with van der Waals surface area (Å²) in [5, 5.41) is 10.1. The van der Waals surface area contributed by atoms with E-state index in [4.69, 9.17) is 0 Å². The molecule has 19 heavy (non-hydrogen) atoms. The van der Waals surface area contributed by atoms with Gasteiger partial charge in [-0.2, -0.15) is 0 Å². The van der Waals surface area contributed by atoms with Crippen LogP contribution in [0.25, 0.3) is 0 Å². The number of rotatable bonds is 7. The molecule has 3 heteroatoms. The van der Waals surface area contributed by atoms with Crippen LogP contribution in [-0.2, 0) is 0 Å². The van der Waals surface area contributed by atoms with Gasteiger partial charge in [0.1, 0.15) is 5.82 Å². The predicted octanol–water partition coefficient (Wildman–Crippen LogP) is 3.12. The van der Waals surface area contributed by atoms with Crippen molar-refractivity contribution in [3.63, 3.8) is 0 Å². The second-order valence-corrected chi connectivity index (χ2v) is 6.00. The highest BCUT2D eigenvalue weighted by atomic mass is 19.1. The van der Waals surface area contributed by atoms with Crippen LogP contribution in [0.1, 0.15) is 43.8 Å². The molecule has 1 aromatic rings. The van der Waals surface area contributed by atoms with E-state index in [0.29, 0.717) is 12.0 Å². The minimum atomic E-state index is -0.679. The molecule has 2 fully saturated rings. The van der Waals surface area contributed by atoms with Crippen molar-refractivity contribution >= 4 is 0 Å². The molecule has 1 aromatic carbocycles. The maximum Gasteiger partial charge on any atom is 0.128 e. The van der Waals surface area contributed by atoms with E-state index in [9.17, 15) is 9.50 Å². The van der Waals surface area contributed by atoms with Crippen LogP contribution >= 0.6 is 0 Å².